The second kappa shape index (κ2) is 8.65. The van der Waals surface area contributed by atoms with Crippen molar-refractivity contribution < 1.29 is 14.5 Å². The van der Waals surface area contributed by atoms with Gasteiger partial charge in [-0.25, -0.2) is 9.88 Å². The van der Waals surface area contributed by atoms with Crippen LogP contribution >= 0.6 is 0 Å². The first kappa shape index (κ1) is 25.3. The number of carbonyl (C=O) groups excluding carboxylic acids is 2. The standard InChI is InChI=1S/C31H27N5O5/c1-16(2)14-22-25-26(29(39)34(28(25)38)24-15-18(36(40)41)13-12-17(24)3)31(33-22)20-9-5-7-11-23(20)35-27(37)19-8-4-6-10-21(19)32-30(31)35/h4-13,15-16,22,25-26,33H,14H2,1-3H3/t22-,25-,26+,31-/m0/s1. The molecule has 3 aromatic carbocycles. The summed E-state index contributed by atoms with van der Waals surface area (Å²) < 4.78 is 1.57. The van der Waals surface area contributed by atoms with E-state index in [2.05, 4.69) is 19.2 Å². The molecule has 0 unspecified atom stereocenters. The molecule has 4 heterocycles. The van der Waals surface area contributed by atoms with Gasteiger partial charge in [0, 0.05) is 23.7 Å². The fourth-order valence-corrected chi connectivity index (χ4v) is 7.12. The molecule has 41 heavy (non-hydrogen) atoms. The van der Waals surface area contributed by atoms with Crippen molar-refractivity contribution in [2.75, 3.05) is 4.90 Å². The maximum Gasteiger partial charge on any atom is 0.271 e. The van der Waals surface area contributed by atoms with E-state index in [1.165, 1.54) is 12.1 Å². The number of para-hydroxylation sites is 2. The minimum atomic E-state index is -1.25. The zero-order valence-corrected chi connectivity index (χ0v) is 22.7. The molecule has 4 atom stereocenters. The van der Waals surface area contributed by atoms with Crippen molar-refractivity contribution in [1.82, 2.24) is 14.9 Å². The van der Waals surface area contributed by atoms with E-state index in [9.17, 15) is 24.5 Å². The van der Waals surface area contributed by atoms with Crippen LogP contribution in [-0.2, 0) is 15.1 Å². The number of amides is 2. The quantitative estimate of drug-likeness (QED) is 0.232. The van der Waals surface area contributed by atoms with Crippen LogP contribution < -0.4 is 15.8 Å². The van der Waals surface area contributed by atoms with Crippen molar-refractivity contribution in [2.24, 2.45) is 17.8 Å². The SMILES string of the molecule is Cc1ccc([N+](=O)[O-])cc1N1C(=O)[C@H]2[C@H](CC(C)C)N[C@@]3(c4ccccc4-n4c3nc3ccccc3c4=O)[C@H]2C1=O. The molecule has 1 aromatic heterocycles. The molecule has 0 saturated carbocycles. The molecule has 2 fully saturated rings. The molecule has 2 saturated heterocycles. The van der Waals surface area contributed by atoms with Gasteiger partial charge in [0.15, 0.2) is 0 Å². The highest BCUT2D eigenvalue weighted by molar-refractivity contribution is 6.23. The van der Waals surface area contributed by atoms with Crippen LogP contribution in [0.25, 0.3) is 16.6 Å². The third kappa shape index (κ3) is 3.28. The van der Waals surface area contributed by atoms with E-state index in [0.717, 1.165) is 4.90 Å². The Balaban J connectivity index is 1.51. The molecule has 3 aliphatic rings. The number of nitrogens with one attached hydrogen (secondary N) is 1. The van der Waals surface area contributed by atoms with E-state index < -0.39 is 40.2 Å². The smallest absolute Gasteiger partial charge is 0.271 e. The predicted molar refractivity (Wildman–Crippen MR) is 152 cm³/mol. The summed E-state index contributed by atoms with van der Waals surface area (Å²) in [6.07, 6.45) is 0.601. The second-order valence-electron chi connectivity index (χ2n) is 11.5. The Morgan fingerprint density at radius 3 is 2.49 bits per heavy atom. The van der Waals surface area contributed by atoms with Crippen molar-refractivity contribution in [2.45, 2.75) is 38.8 Å². The number of carbonyl (C=O) groups is 2. The average Bonchev–Trinajstić information content (AvgIpc) is 3.52. The van der Waals surface area contributed by atoms with Gasteiger partial charge in [-0.05, 0) is 43.0 Å². The average molecular weight is 550 g/mol. The number of aryl methyl sites for hydroxylation is 1. The van der Waals surface area contributed by atoms with Crippen molar-refractivity contribution >= 4 is 34.1 Å². The summed E-state index contributed by atoms with van der Waals surface area (Å²) in [5, 5.41) is 15.7. The van der Waals surface area contributed by atoms with Crippen LogP contribution in [0.1, 0.15) is 37.2 Å². The lowest BCUT2D eigenvalue weighted by atomic mass is 9.75. The molecule has 0 bridgehead atoms. The van der Waals surface area contributed by atoms with Crippen LogP contribution in [0.5, 0.6) is 0 Å². The highest BCUT2D eigenvalue weighted by Crippen LogP contribution is 2.56. The minimum absolute atomic E-state index is 0.197. The molecule has 0 radical (unpaired) electrons. The third-order valence-corrected chi connectivity index (χ3v) is 8.73. The molecule has 10 heteroatoms. The molecular weight excluding hydrogens is 522 g/mol. The Bertz CT molecular complexity index is 1880. The Kier molecular flexibility index (Phi) is 5.33. The van der Waals surface area contributed by atoms with Gasteiger partial charge in [0.2, 0.25) is 11.8 Å². The number of imide groups is 1. The van der Waals surface area contributed by atoms with Crippen molar-refractivity contribution in [3.05, 3.63) is 104 Å². The molecule has 7 rings (SSSR count). The molecule has 4 aromatic rings. The van der Waals surface area contributed by atoms with Gasteiger partial charge < -0.3 is 0 Å². The van der Waals surface area contributed by atoms with Gasteiger partial charge >= 0.3 is 0 Å². The molecule has 3 aliphatic heterocycles. The fraction of sp³-hybridized carbons (Fsp3) is 0.290. The summed E-state index contributed by atoms with van der Waals surface area (Å²) in [6.45, 7) is 5.83. The van der Waals surface area contributed by atoms with Crippen molar-refractivity contribution in [1.29, 1.82) is 0 Å². The van der Waals surface area contributed by atoms with Gasteiger partial charge in [-0.2, -0.15) is 0 Å². The Morgan fingerprint density at radius 1 is 1.00 bits per heavy atom. The lowest BCUT2D eigenvalue weighted by Crippen LogP contribution is -2.50. The van der Waals surface area contributed by atoms with E-state index in [1.54, 1.807) is 35.8 Å². The highest BCUT2D eigenvalue weighted by Gasteiger charge is 2.69. The number of hydrogen-bond donors (Lipinski definition) is 1. The zero-order valence-electron chi connectivity index (χ0n) is 22.7. The number of hydrogen-bond acceptors (Lipinski definition) is 7. The normalized spacial score (nSPS) is 24.4. The summed E-state index contributed by atoms with van der Waals surface area (Å²) in [5.74, 6) is -1.97. The number of anilines is 1. The van der Waals surface area contributed by atoms with E-state index >= 15 is 0 Å². The van der Waals surface area contributed by atoms with Crippen LogP contribution in [-0.4, -0.2) is 32.3 Å². The van der Waals surface area contributed by atoms with Crippen molar-refractivity contribution in [3.63, 3.8) is 0 Å². The summed E-state index contributed by atoms with van der Waals surface area (Å²) in [7, 11) is 0. The molecule has 1 N–H and O–H groups in total. The van der Waals surface area contributed by atoms with Crippen LogP contribution in [0.15, 0.2) is 71.5 Å². The summed E-state index contributed by atoms with van der Waals surface area (Å²) in [6, 6.07) is 18.3. The van der Waals surface area contributed by atoms with E-state index in [0.29, 0.717) is 40.0 Å². The number of rotatable bonds is 4. The van der Waals surface area contributed by atoms with Crippen LogP contribution in [0.3, 0.4) is 0 Å². The Labute approximate surface area is 234 Å². The van der Waals surface area contributed by atoms with Crippen LogP contribution in [0, 0.1) is 34.8 Å². The molecule has 10 nitrogen and oxygen atoms in total. The number of aromatic nitrogens is 2. The number of nitrogens with zero attached hydrogens (tertiary/aromatic N) is 4. The predicted octanol–water partition coefficient (Wildman–Crippen LogP) is 3.98. The monoisotopic (exact) mass is 549 g/mol. The summed E-state index contributed by atoms with van der Waals surface area (Å²) in [4.78, 5) is 59.9. The first-order valence-corrected chi connectivity index (χ1v) is 13.7. The first-order chi connectivity index (χ1) is 19.6. The fourth-order valence-electron chi connectivity index (χ4n) is 7.12. The number of nitro groups is 1. The van der Waals surface area contributed by atoms with Gasteiger partial charge in [0.1, 0.15) is 11.4 Å². The highest BCUT2D eigenvalue weighted by atomic mass is 16.6. The van der Waals surface area contributed by atoms with E-state index in [1.807, 2.05) is 30.3 Å². The molecule has 1 spiro atoms. The molecule has 0 aliphatic carbocycles. The number of non-ortho nitro benzene ring substituents is 1. The molecular formula is C31H27N5O5. The second-order valence-corrected chi connectivity index (χ2v) is 11.5. The zero-order chi connectivity index (χ0) is 28.8. The van der Waals surface area contributed by atoms with Crippen LogP contribution in [0.4, 0.5) is 11.4 Å². The Hall–Kier alpha value is -4.70. The number of fused-ring (bicyclic) bond motifs is 8. The van der Waals surface area contributed by atoms with Gasteiger partial charge in [0.05, 0.1) is 39.0 Å². The van der Waals surface area contributed by atoms with E-state index in [4.69, 9.17) is 4.98 Å². The summed E-state index contributed by atoms with van der Waals surface area (Å²) >= 11 is 0. The van der Waals surface area contributed by atoms with Gasteiger partial charge in [-0.3, -0.25) is 34.4 Å². The molecule has 2 amide bonds. The number of nitro benzene ring substituents is 1. The van der Waals surface area contributed by atoms with Gasteiger partial charge in [0.25, 0.3) is 11.2 Å². The topological polar surface area (TPSA) is 127 Å². The van der Waals surface area contributed by atoms with Gasteiger partial charge in [-0.1, -0.05) is 50.2 Å². The largest absolute Gasteiger partial charge is 0.297 e. The lowest BCUT2D eigenvalue weighted by Gasteiger charge is -2.32. The maximum atomic E-state index is 14.6. The van der Waals surface area contributed by atoms with Crippen LogP contribution in [0.2, 0.25) is 0 Å². The first-order valence-electron chi connectivity index (χ1n) is 13.7. The Morgan fingerprint density at radius 2 is 1.73 bits per heavy atom. The molecule has 206 valence electrons. The third-order valence-electron chi connectivity index (χ3n) is 8.73. The number of benzene rings is 3. The maximum absolute atomic E-state index is 14.6. The summed E-state index contributed by atoms with van der Waals surface area (Å²) in [5.41, 5.74) is 0.913. The minimum Gasteiger partial charge on any atom is -0.297 e. The van der Waals surface area contributed by atoms with Gasteiger partial charge in [-0.15, -0.1) is 0 Å². The lowest BCUT2D eigenvalue weighted by molar-refractivity contribution is -0.384. The van der Waals surface area contributed by atoms with E-state index in [-0.39, 0.29) is 22.9 Å². The van der Waals surface area contributed by atoms with Crippen molar-refractivity contribution in [3.8, 4) is 5.69 Å².